The molecule has 2 nitrogen and oxygen atoms in total. The molecule has 1 aliphatic heterocycles. The van der Waals surface area contributed by atoms with Crippen LogP contribution in [0.25, 0.3) is 0 Å². The van der Waals surface area contributed by atoms with Gasteiger partial charge in [-0.25, -0.2) is 0 Å². The molecule has 0 radical (unpaired) electrons. The third kappa shape index (κ3) is 2.21. The minimum atomic E-state index is -0.0139. The van der Waals surface area contributed by atoms with Gasteiger partial charge in [-0.2, -0.15) is 0 Å². The fraction of sp³-hybridized carbons (Fsp3) is 1.00. The fourth-order valence-electron chi connectivity index (χ4n) is 1.56. The lowest BCUT2D eigenvalue weighted by Gasteiger charge is -2.34. The summed E-state index contributed by atoms with van der Waals surface area (Å²) in [5.74, 6) is 1.21. The smallest absolute Gasteiger partial charge is 0.411 e. The Morgan fingerprint density at radius 1 is 1.45 bits per heavy atom. The van der Waals surface area contributed by atoms with Gasteiger partial charge in [0, 0.05) is 18.6 Å². The van der Waals surface area contributed by atoms with E-state index in [4.69, 9.17) is 9.31 Å². The summed E-state index contributed by atoms with van der Waals surface area (Å²) in [5, 5.41) is 0. The summed E-state index contributed by atoms with van der Waals surface area (Å²) >= 11 is 0. The van der Waals surface area contributed by atoms with Gasteiger partial charge in [-0.05, 0) is 19.7 Å². The lowest BCUT2D eigenvalue weighted by atomic mass is 9.84. The Bertz CT molecular complexity index is 127. The minimum absolute atomic E-state index is 0.0139. The summed E-state index contributed by atoms with van der Waals surface area (Å²) < 4.78 is 10.9. The number of hydrogen-bond donors (Lipinski definition) is 0. The van der Waals surface area contributed by atoms with Crippen molar-refractivity contribution < 1.29 is 9.31 Å². The highest BCUT2D eigenvalue weighted by Gasteiger charge is 2.30. The molecule has 0 aromatic heterocycles. The van der Waals surface area contributed by atoms with E-state index >= 15 is 0 Å². The van der Waals surface area contributed by atoms with E-state index in [0.29, 0.717) is 17.9 Å². The molecule has 1 fully saturated rings. The first-order valence-corrected chi connectivity index (χ1v) is 4.38. The molecule has 1 saturated heterocycles. The molecule has 0 aliphatic carbocycles. The molecular formula is C8H17BO2. The molecule has 0 N–H and O–H groups in total. The van der Waals surface area contributed by atoms with Gasteiger partial charge < -0.3 is 9.31 Å². The Labute approximate surface area is 69.4 Å². The topological polar surface area (TPSA) is 18.5 Å². The minimum Gasteiger partial charge on any atom is -0.411 e. The summed E-state index contributed by atoms with van der Waals surface area (Å²) in [6.45, 7) is 9.35. The van der Waals surface area contributed by atoms with Crippen LogP contribution in [0.4, 0.5) is 0 Å². The second-order valence-electron chi connectivity index (χ2n) is 3.65. The van der Waals surface area contributed by atoms with Gasteiger partial charge in [0.1, 0.15) is 0 Å². The highest BCUT2D eigenvalue weighted by molar-refractivity contribution is 6.42. The van der Waals surface area contributed by atoms with Crippen LogP contribution < -0.4 is 0 Å². The molecular weight excluding hydrogens is 139 g/mol. The molecule has 3 heteroatoms. The SMILES string of the molecule is CB1OC[C@@H](C(C)C)[C@H](C)O1. The van der Waals surface area contributed by atoms with E-state index in [-0.39, 0.29) is 7.12 Å². The predicted octanol–water partition coefficient (Wildman–Crippen LogP) is 1.81. The molecule has 0 unspecified atom stereocenters. The molecule has 1 rings (SSSR count). The first kappa shape index (κ1) is 9.08. The molecule has 64 valence electrons. The van der Waals surface area contributed by atoms with Crippen LogP contribution in [0.5, 0.6) is 0 Å². The zero-order chi connectivity index (χ0) is 8.43. The zero-order valence-corrected chi connectivity index (χ0v) is 7.83. The first-order chi connectivity index (χ1) is 5.11. The average molecular weight is 156 g/mol. The van der Waals surface area contributed by atoms with Crippen LogP contribution in [0, 0.1) is 11.8 Å². The van der Waals surface area contributed by atoms with Crippen molar-refractivity contribution in [3.8, 4) is 0 Å². The molecule has 1 aliphatic rings. The maximum atomic E-state index is 5.54. The van der Waals surface area contributed by atoms with Crippen molar-refractivity contribution in [2.75, 3.05) is 6.61 Å². The fourth-order valence-corrected chi connectivity index (χ4v) is 1.56. The van der Waals surface area contributed by atoms with Crippen LogP contribution in [0.3, 0.4) is 0 Å². The Hall–Kier alpha value is -0.0151. The second kappa shape index (κ2) is 3.59. The normalized spacial score (nSPS) is 33.0. The van der Waals surface area contributed by atoms with Crippen molar-refractivity contribution >= 4 is 7.12 Å². The van der Waals surface area contributed by atoms with Crippen molar-refractivity contribution in [2.24, 2.45) is 11.8 Å². The van der Waals surface area contributed by atoms with Gasteiger partial charge >= 0.3 is 7.12 Å². The lowest BCUT2D eigenvalue weighted by molar-refractivity contribution is 0.00497. The molecule has 0 spiro atoms. The van der Waals surface area contributed by atoms with Gasteiger partial charge in [-0.3, -0.25) is 0 Å². The molecule has 11 heavy (non-hydrogen) atoms. The number of rotatable bonds is 1. The maximum Gasteiger partial charge on any atom is 0.453 e. The molecule has 0 bridgehead atoms. The maximum absolute atomic E-state index is 5.54. The third-order valence-corrected chi connectivity index (χ3v) is 2.39. The molecule has 0 aromatic rings. The van der Waals surface area contributed by atoms with E-state index in [1.807, 2.05) is 6.82 Å². The summed E-state index contributed by atoms with van der Waals surface area (Å²) in [6.07, 6.45) is 0.346. The van der Waals surface area contributed by atoms with Crippen molar-refractivity contribution in [2.45, 2.75) is 33.7 Å². The van der Waals surface area contributed by atoms with Gasteiger partial charge in [0.15, 0.2) is 0 Å². The summed E-state index contributed by atoms with van der Waals surface area (Å²) in [4.78, 5) is 0. The Kier molecular flexibility index (Phi) is 2.96. The van der Waals surface area contributed by atoms with Crippen molar-refractivity contribution in [3.05, 3.63) is 0 Å². The van der Waals surface area contributed by atoms with Gasteiger partial charge in [0.05, 0.1) is 0 Å². The predicted molar refractivity (Wildman–Crippen MR) is 46.4 cm³/mol. The Morgan fingerprint density at radius 2 is 2.09 bits per heavy atom. The number of hydrogen-bond acceptors (Lipinski definition) is 2. The van der Waals surface area contributed by atoms with Gasteiger partial charge in [-0.15, -0.1) is 0 Å². The van der Waals surface area contributed by atoms with E-state index in [2.05, 4.69) is 20.8 Å². The van der Waals surface area contributed by atoms with E-state index in [0.717, 1.165) is 6.61 Å². The first-order valence-electron chi connectivity index (χ1n) is 4.38. The largest absolute Gasteiger partial charge is 0.453 e. The van der Waals surface area contributed by atoms with E-state index < -0.39 is 0 Å². The van der Waals surface area contributed by atoms with Crippen LogP contribution in [0.2, 0.25) is 6.82 Å². The van der Waals surface area contributed by atoms with Crippen LogP contribution in [-0.2, 0) is 9.31 Å². The van der Waals surface area contributed by atoms with Gasteiger partial charge in [0.25, 0.3) is 0 Å². The van der Waals surface area contributed by atoms with Crippen LogP contribution in [-0.4, -0.2) is 19.8 Å². The molecule has 0 aromatic carbocycles. The standard InChI is InChI=1S/C8H17BO2/c1-6(2)8-5-10-9(4)11-7(8)3/h6-8H,5H2,1-4H3/t7-,8-/m0/s1. The Morgan fingerprint density at radius 3 is 2.55 bits per heavy atom. The van der Waals surface area contributed by atoms with E-state index in [9.17, 15) is 0 Å². The molecule has 2 atom stereocenters. The van der Waals surface area contributed by atoms with E-state index in [1.165, 1.54) is 0 Å². The van der Waals surface area contributed by atoms with Crippen molar-refractivity contribution in [1.29, 1.82) is 0 Å². The summed E-state index contributed by atoms with van der Waals surface area (Å²) in [5.41, 5.74) is 0. The second-order valence-corrected chi connectivity index (χ2v) is 3.65. The third-order valence-electron chi connectivity index (χ3n) is 2.39. The van der Waals surface area contributed by atoms with Crippen LogP contribution in [0.15, 0.2) is 0 Å². The van der Waals surface area contributed by atoms with Crippen LogP contribution in [0.1, 0.15) is 20.8 Å². The summed E-state index contributed by atoms with van der Waals surface area (Å²) in [6, 6.07) is 0. The monoisotopic (exact) mass is 156 g/mol. The zero-order valence-electron chi connectivity index (χ0n) is 7.83. The quantitative estimate of drug-likeness (QED) is 0.539. The van der Waals surface area contributed by atoms with Gasteiger partial charge in [-0.1, -0.05) is 13.8 Å². The highest BCUT2D eigenvalue weighted by Crippen LogP contribution is 2.23. The van der Waals surface area contributed by atoms with Gasteiger partial charge in [0.2, 0.25) is 0 Å². The van der Waals surface area contributed by atoms with Crippen molar-refractivity contribution in [1.82, 2.24) is 0 Å². The molecule has 1 heterocycles. The lowest BCUT2D eigenvalue weighted by Crippen LogP contribution is -2.41. The average Bonchev–Trinajstić information content (AvgIpc) is 1.85. The highest BCUT2D eigenvalue weighted by atomic mass is 16.6. The molecule has 0 saturated carbocycles. The van der Waals surface area contributed by atoms with E-state index in [1.54, 1.807) is 0 Å². The molecule has 0 amide bonds. The Balaban J connectivity index is 2.44. The summed E-state index contributed by atoms with van der Waals surface area (Å²) in [7, 11) is -0.0139. The van der Waals surface area contributed by atoms with Crippen molar-refractivity contribution in [3.63, 3.8) is 0 Å². The van der Waals surface area contributed by atoms with Crippen LogP contribution >= 0.6 is 0 Å².